The van der Waals surface area contributed by atoms with Gasteiger partial charge in [-0.3, -0.25) is 15.1 Å². The van der Waals surface area contributed by atoms with Crippen molar-refractivity contribution in [3.05, 3.63) is 70.3 Å². The number of aryl methyl sites for hydroxylation is 2. The molecule has 0 spiro atoms. The lowest BCUT2D eigenvalue weighted by Crippen LogP contribution is -2.01. The van der Waals surface area contributed by atoms with Gasteiger partial charge in [0.25, 0.3) is 0 Å². The zero-order valence-electron chi connectivity index (χ0n) is 13.5. The Bertz CT molecular complexity index is 896. The van der Waals surface area contributed by atoms with Crippen LogP contribution in [-0.4, -0.2) is 19.9 Å². The number of rotatable bonds is 5. The predicted molar refractivity (Wildman–Crippen MR) is 89.0 cm³/mol. The highest BCUT2D eigenvalue weighted by atomic mass is 16.6. The molecular weight excluding hydrogens is 324 g/mol. The molecule has 126 valence electrons. The van der Waals surface area contributed by atoms with Gasteiger partial charge in [-0.05, 0) is 49.2 Å². The van der Waals surface area contributed by atoms with Crippen LogP contribution in [0.4, 0.5) is 5.69 Å². The van der Waals surface area contributed by atoms with Gasteiger partial charge in [-0.1, -0.05) is 6.07 Å². The van der Waals surface area contributed by atoms with Crippen LogP contribution >= 0.6 is 0 Å². The minimum Gasteiger partial charge on any atom is -0.433 e. The smallest absolute Gasteiger partial charge is 0.393 e. The summed E-state index contributed by atoms with van der Waals surface area (Å²) < 4.78 is 11.1. The first-order chi connectivity index (χ1) is 12.0. The average molecular weight is 338 g/mol. The molecule has 0 aliphatic rings. The fourth-order valence-corrected chi connectivity index (χ4v) is 2.28. The molecular formula is C17H14N4O4. The highest BCUT2D eigenvalue weighted by molar-refractivity contribution is 5.52. The van der Waals surface area contributed by atoms with Gasteiger partial charge in [0.15, 0.2) is 0 Å². The Morgan fingerprint density at radius 1 is 1.00 bits per heavy atom. The van der Waals surface area contributed by atoms with Gasteiger partial charge in [-0.2, -0.15) is 9.97 Å². The van der Waals surface area contributed by atoms with Gasteiger partial charge >= 0.3 is 17.4 Å². The van der Waals surface area contributed by atoms with Gasteiger partial charge < -0.3 is 9.47 Å². The number of benzene rings is 1. The normalized spacial score (nSPS) is 10.3. The largest absolute Gasteiger partial charge is 0.433 e. The van der Waals surface area contributed by atoms with E-state index in [2.05, 4.69) is 15.0 Å². The Hall–Kier alpha value is -3.55. The second-order valence-corrected chi connectivity index (χ2v) is 5.31. The van der Waals surface area contributed by atoms with E-state index >= 15 is 0 Å². The second kappa shape index (κ2) is 6.91. The molecule has 0 unspecified atom stereocenters. The first-order valence-electron chi connectivity index (χ1n) is 7.36. The fourth-order valence-electron chi connectivity index (χ4n) is 2.28. The van der Waals surface area contributed by atoms with Crippen LogP contribution in [0.1, 0.15) is 11.1 Å². The fraction of sp³-hybridized carbons (Fsp3) is 0.118. The third kappa shape index (κ3) is 3.86. The van der Waals surface area contributed by atoms with E-state index < -0.39 is 10.6 Å². The second-order valence-electron chi connectivity index (χ2n) is 5.31. The van der Waals surface area contributed by atoms with E-state index in [9.17, 15) is 10.1 Å². The molecule has 0 N–H and O–H groups in total. The maximum Gasteiger partial charge on any atom is 0.393 e. The molecule has 0 amide bonds. The summed E-state index contributed by atoms with van der Waals surface area (Å²) in [5.41, 5.74) is 1.49. The molecule has 1 aromatic carbocycles. The van der Waals surface area contributed by atoms with Gasteiger partial charge in [-0.25, -0.2) is 0 Å². The molecule has 0 fully saturated rings. The SMILES string of the molecule is Cc1cc(C)cc(Oc2ncnc(Oc3cccnc3)c2[N+](=O)[O-])c1. The van der Waals surface area contributed by atoms with Crippen molar-refractivity contribution in [3.8, 4) is 23.3 Å². The molecule has 3 aromatic rings. The molecule has 0 radical (unpaired) electrons. The lowest BCUT2D eigenvalue weighted by atomic mass is 10.1. The number of nitro groups is 1. The van der Waals surface area contributed by atoms with Crippen LogP contribution in [0.2, 0.25) is 0 Å². The molecule has 8 heteroatoms. The molecule has 0 aliphatic heterocycles. The van der Waals surface area contributed by atoms with Gasteiger partial charge in [0.1, 0.15) is 17.8 Å². The summed E-state index contributed by atoms with van der Waals surface area (Å²) in [6, 6.07) is 8.76. The Kier molecular flexibility index (Phi) is 4.51. The Labute approximate surface area is 143 Å². The summed E-state index contributed by atoms with van der Waals surface area (Å²) in [7, 11) is 0. The zero-order valence-corrected chi connectivity index (χ0v) is 13.5. The third-order valence-electron chi connectivity index (χ3n) is 3.20. The summed E-state index contributed by atoms with van der Waals surface area (Å²) in [6.45, 7) is 3.82. The molecule has 0 saturated heterocycles. The van der Waals surface area contributed by atoms with Crippen molar-refractivity contribution >= 4 is 5.69 Å². The minimum absolute atomic E-state index is 0.191. The Morgan fingerprint density at radius 2 is 1.64 bits per heavy atom. The van der Waals surface area contributed by atoms with Crippen molar-refractivity contribution < 1.29 is 14.4 Å². The van der Waals surface area contributed by atoms with Crippen molar-refractivity contribution in [1.29, 1.82) is 0 Å². The van der Waals surface area contributed by atoms with Gasteiger partial charge in [0.2, 0.25) is 0 Å². The quantitative estimate of drug-likeness (QED) is 0.512. The third-order valence-corrected chi connectivity index (χ3v) is 3.20. The van der Waals surface area contributed by atoms with Crippen LogP contribution in [-0.2, 0) is 0 Å². The molecule has 3 rings (SSSR count). The van der Waals surface area contributed by atoms with Crippen LogP contribution in [0, 0.1) is 24.0 Å². The average Bonchev–Trinajstić information content (AvgIpc) is 2.54. The number of hydrogen-bond donors (Lipinski definition) is 0. The summed E-state index contributed by atoms with van der Waals surface area (Å²) in [5, 5.41) is 11.5. The maximum absolute atomic E-state index is 11.5. The number of hydrogen-bond acceptors (Lipinski definition) is 7. The predicted octanol–water partition coefficient (Wildman–Crippen LogP) is 3.98. The molecule has 0 saturated carbocycles. The number of ether oxygens (including phenoxy) is 2. The van der Waals surface area contributed by atoms with E-state index in [-0.39, 0.29) is 11.8 Å². The molecule has 25 heavy (non-hydrogen) atoms. The van der Waals surface area contributed by atoms with E-state index in [4.69, 9.17) is 9.47 Å². The Balaban J connectivity index is 1.99. The first-order valence-corrected chi connectivity index (χ1v) is 7.36. The lowest BCUT2D eigenvalue weighted by Gasteiger charge is -2.09. The lowest BCUT2D eigenvalue weighted by molar-refractivity contribution is -0.387. The summed E-state index contributed by atoms with van der Waals surface area (Å²) in [5.74, 6) is 0.365. The van der Waals surface area contributed by atoms with E-state index in [1.54, 1.807) is 30.5 Å². The topological polar surface area (TPSA) is 100 Å². The highest BCUT2D eigenvalue weighted by Crippen LogP contribution is 2.37. The van der Waals surface area contributed by atoms with E-state index in [0.29, 0.717) is 11.5 Å². The molecule has 2 heterocycles. The van der Waals surface area contributed by atoms with Crippen molar-refractivity contribution in [2.24, 2.45) is 0 Å². The van der Waals surface area contributed by atoms with E-state index in [1.165, 1.54) is 6.20 Å². The van der Waals surface area contributed by atoms with Gasteiger partial charge in [-0.15, -0.1) is 0 Å². The highest BCUT2D eigenvalue weighted by Gasteiger charge is 2.27. The standard InChI is InChI=1S/C17H14N4O4/c1-11-6-12(2)8-14(7-11)25-17-15(21(22)23)16(19-10-20-17)24-13-4-3-5-18-9-13/h3-10H,1-2H3. The minimum atomic E-state index is -0.635. The summed E-state index contributed by atoms with van der Waals surface area (Å²) >= 11 is 0. The van der Waals surface area contributed by atoms with Gasteiger partial charge in [0.05, 0.1) is 11.1 Å². The number of nitrogens with zero attached hydrogens (tertiary/aromatic N) is 4. The molecule has 0 bridgehead atoms. The van der Waals surface area contributed by atoms with Crippen molar-refractivity contribution in [2.75, 3.05) is 0 Å². The molecule has 0 aliphatic carbocycles. The monoisotopic (exact) mass is 338 g/mol. The summed E-state index contributed by atoms with van der Waals surface area (Å²) in [6.07, 6.45) is 4.14. The Morgan fingerprint density at radius 3 is 2.20 bits per heavy atom. The van der Waals surface area contributed by atoms with Crippen molar-refractivity contribution in [2.45, 2.75) is 13.8 Å². The number of pyridine rings is 1. The van der Waals surface area contributed by atoms with Crippen LogP contribution in [0.3, 0.4) is 0 Å². The van der Waals surface area contributed by atoms with Crippen LogP contribution in [0.5, 0.6) is 23.3 Å². The van der Waals surface area contributed by atoms with Crippen molar-refractivity contribution in [1.82, 2.24) is 15.0 Å². The van der Waals surface area contributed by atoms with Gasteiger partial charge in [0, 0.05) is 6.20 Å². The zero-order chi connectivity index (χ0) is 17.8. The first kappa shape index (κ1) is 16.3. The van der Waals surface area contributed by atoms with E-state index in [0.717, 1.165) is 17.5 Å². The molecule has 8 nitrogen and oxygen atoms in total. The number of aromatic nitrogens is 3. The maximum atomic E-state index is 11.5. The summed E-state index contributed by atoms with van der Waals surface area (Å²) in [4.78, 5) is 22.5. The van der Waals surface area contributed by atoms with Crippen LogP contribution in [0.15, 0.2) is 49.1 Å². The van der Waals surface area contributed by atoms with E-state index in [1.807, 2.05) is 19.9 Å². The van der Waals surface area contributed by atoms with Crippen LogP contribution in [0.25, 0.3) is 0 Å². The molecule has 2 aromatic heterocycles. The van der Waals surface area contributed by atoms with Crippen LogP contribution < -0.4 is 9.47 Å². The molecule has 0 atom stereocenters. The van der Waals surface area contributed by atoms with Crippen molar-refractivity contribution in [3.63, 3.8) is 0 Å².